The van der Waals surface area contributed by atoms with Crippen molar-refractivity contribution in [2.24, 2.45) is 0 Å². The van der Waals surface area contributed by atoms with Crippen molar-refractivity contribution in [1.82, 2.24) is 14.8 Å². The number of nitrogens with zero attached hydrogens (tertiary/aromatic N) is 4. The highest BCUT2D eigenvalue weighted by molar-refractivity contribution is 5.94. The molecule has 5 heteroatoms. The predicted octanol–water partition coefficient (Wildman–Crippen LogP) is 2.56. The molecule has 0 atom stereocenters. The number of aryl methyl sites for hydroxylation is 2. The van der Waals surface area contributed by atoms with Gasteiger partial charge in [0, 0.05) is 29.4 Å². The summed E-state index contributed by atoms with van der Waals surface area (Å²) < 4.78 is 1.91. The van der Waals surface area contributed by atoms with E-state index >= 15 is 0 Å². The van der Waals surface area contributed by atoms with Crippen molar-refractivity contribution >= 4 is 16.6 Å². The zero-order valence-corrected chi connectivity index (χ0v) is 13.5. The van der Waals surface area contributed by atoms with Crippen LogP contribution in [0.4, 0.5) is 5.69 Å². The fraction of sp³-hybridized carbons (Fsp3) is 0.333. The molecule has 3 heterocycles. The van der Waals surface area contributed by atoms with Gasteiger partial charge in [0.2, 0.25) is 0 Å². The van der Waals surface area contributed by atoms with Crippen LogP contribution >= 0.6 is 0 Å². The number of benzene rings is 1. The van der Waals surface area contributed by atoms with Crippen LogP contribution < -0.4 is 4.90 Å². The van der Waals surface area contributed by atoms with E-state index in [1.807, 2.05) is 17.1 Å². The molecule has 5 nitrogen and oxygen atoms in total. The summed E-state index contributed by atoms with van der Waals surface area (Å²) in [5.41, 5.74) is 7.20. The van der Waals surface area contributed by atoms with E-state index in [0.717, 1.165) is 18.6 Å². The molecule has 0 amide bonds. The van der Waals surface area contributed by atoms with Crippen molar-refractivity contribution in [3.05, 3.63) is 53.0 Å². The van der Waals surface area contributed by atoms with Crippen LogP contribution in [0.5, 0.6) is 0 Å². The maximum Gasteiger partial charge on any atom is 0.0752 e. The van der Waals surface area contributed by atoms with Crippen LogP contribution in [0, 0.1) is 13.8 Å². The topological polar surface area (TPSA) is 54.2 Å². The first-order chi connectivity index (χ1) is 11.2. The predicted molar refractivity (Wildman–Crippen MR) is 90.4 cm³/mol. The van der Waals surface area contributed by atoms with E-state index in [1.54, 1.807) is 0 Å². The summed E-state index contributed by atoms with van der Waals surface area (Å²) in [5.74, 6) is 0. The fourth-order valence-electron chi connectivity index (χ4n) is 3.54. The van der Waals surface area contributed by atoms with Crippen molar-refractivity contribution in [3.63, 3.8) is 0 Å². The highest BCUT2D eigenvalue weighted by atomic mass is 16.3. The average molecular weight is 308 g/mol. The molecule has 23 heavy (non-hydrogen) atoms. The summed E-state index contributed by atoms with van der Waals surface area (Å²) in [7, 11) is 0. The standard InChI is InChI=1S/C18H20N4O/c1-12-7-13(2)18-15(8-12)16(3-4-19-18)21-10-14-9-20-22(5-6-23)17(14)11-21/h3-4,7-9,23H,5-6,10-11H2,1-2H3. The van der Waals surface area contributed by atoms with Gasteiger partial charge in [-0.1, -0.05) is 11.6 Å². The van der Waals surface area contributed by atoms with Crippen molar-refractivity contribution < 1.29 is 5.11 Å². The van der Waals surface area contributed by atoms with Crippen molar-refractivity contribution in [1.29, 1.82) is 0 Å². The molecule has 0 fully saturated rings. The first-order valence-corrected chi connectivity index (χ1v) is 7.92. The number of fused-ring (bicyclic) bond motifs is 2. The lowest BCUT2D eigenvalue weighted by Crippen LogP contribution is -2.18. The number of aromatic nitrogens is 3. The van der Waals surface area contributed by atoms with Gasteiger partial charge < -0.3 is 10.0 Å². The van der Waals surface area contributed by atoms with Gasteiger partial charge in [-0.15, -0.1) is 0 Å². The van der Waals surface area contributed by atoms with Crippen LogP contribution in [-0.2, 0) is 19.6 Å². The lowest BCUT2D eigenvalue weighted by molar-refractivity contribution is 0.267. The maximum absolute atomic E-state index is 9.17. The molecule has 2 aromatic heterocycles. The van der Waals surface area contributed by atoms with E-state index in [-0.39, 0.29) is 6.61 Å². The second kappa shape index (κ2) is 5.35. The van der Waals surface area contributed by atoms with Crippen LogP contribution in [0.15, 0.2) is 30.6 Å². The third kappa shape index (κ3) is 2.28. The molecular weight excluding hydrogens is 288 g/mol. The van der Waals surface area contributed by atoms with Crippen LogP contribution in [0.3, 0.4) is 0 Å². The van der Waals surface area contributed by atoms with Gasteiger partial charge in [-0.05, 0) is 31.5 Å². The third-order valence-corrected chi connectivity index (χ3v) is 4.55. The third-order valence-electron chi connectivity index (χ3n) is 4.55. The number of hydrogen-bond acceptors (Lipinski definition) is 4. The second-order valence-corrected chi connectivity index (χ2v) is 6.23. The second-order valence-electron chi connectivity index (χ2n) is 6.23. The molecule has 0 aliphatic carbocycles. The Hall–Kier alpha value is -2.40. The van der Waals surface area contributed by atoms with Gasteiger partial charge in [0.05, 0.1) is 37.1 Å². The molecule has 0 bridgehead atoms. The number of pyridine rings is 1. The largest absolute Gasteiger partial charge is 0.394 e. The molecule has 3 aromatic rings. The molecule has 118 valence electrons. The average Bonchev–Trinajstić information content (AvgIpc) is 3.09. The summed E-state index contributed by atoms with van der Waals surface area (Å²) in [5, 5.41) is 14.7. The molecule has 1 aromatic carbocycles. The summed E-state index contributed by atoms with van der Waals surface area (Å²) in [6.07, 6.45) is 3.81. The molecule has 1 aliphatic rings. The Morgan fingerprint density at radius 2 is 2.09 bits per heavy atom. The number of aliphatic hydroxyl groups excluding tert-OH is 1. The minimum absolute atomic E-state index is 0.116. The normalized spacial score (nSPS) is 13.8. The zero-order valence-electron chi connectivity index (χ0n) is 13.5. The van der Waals surface area contributed by atoms with Gasteiger partial charge in [0.15, 0.2) is 0 Å². The zero-order chi connectivity index (χ0) is 16.0. The van der Waals surface area contributed by atoms with Gasteiger partial charge in [-0.3, -0.25) is 9.67 Å². The first-order valence-electron chi connectivity index (χ1n) is 7.92. The monoisotopic (exact) mass is 308 g/mol. The van der Waals surface area contributed by atoms with Crippen LogP contribution in [-0.4, -0.2) is 26.5 Å². The quantitative estimate of drug-likeness (QED) is 0.808. The fourth-order valence-corrected chi connectivity index (χ4v) is 3.54. The van der Waals surface area contributed by atoms with Crippen LogP contribution in [0.25, 0.3) is 10.9 Å². The molecule has 4 rings (SSSR count). The molecule has 0 saturated heterocycles. The van der Waals surface area contributed by atoms with Crippen LogP contribution in [0.2, 0.25) is 0 Å². The number of hydrogen-bond donors (Lipinski definition) is 1. The number of aliphatic hydroxyl groups is 1. The van der Waals surface area contributed by atoms with Gasteiger partial charge in [0.25, 0.3) is 0 Å². The highest BCUT2D eigenvalue weighted by Gasteiger charge is 2.25. The Labute approximate surface area is 135 Å². The molecular formula is C18H20N4O. The Balaban J connectivity index is 1.77. The minimum Gasteiger partial charge on any atom is -0.394 e. The summed E-state index contributed by atoms with van der Waals surface area (Å²) in [4.78, 5) is 6.92. The Morgan fingerprint density at radius 1 is 1.22 bits per heavy atom. The number of rotatable bonds is 3. The SMILES string of the molecule is Cc1cc(C)c2nccc(N3Cc4cnn(CCO)c4C3)c2c1. The maximum atomic E-state index is 9.17. The van der Waals surface area contributed by atoms with E-state index in [4.69, 9.17) is 0 Å². The Morgan fingerprint density at radius 3 is 2.91 bits per heavy atom. The smallest absolute Gasteiger partial charge is 0.0752 e. The van der Waals surface area contributed by atoms with Crippen molar-refractivity contribution in [3.8, 4) is 0 Å². The van der Waals surface area contributed by atoms with E-state index in [0.29, 0.717) is 6.54 Å². The van der Waals surface area contributed by atoms with Crippen molar-refractivity contribution in [2.45, 2.75) is 33.5 Å². The van der Waals surface area contributed by atoms with Gasteiger partial charge in [0.1, 0.15) is 0 Å². The summed E-state index contributed by atoms with van der Waals surface area (Å²) >= 11 is 0. The van der Waals surface area contributed by atoms with Crippen LogP contribution in [0.1, 0.15) is 22.4 Å². The van der Waals surface area contributed by atoms with E-state index < -0.39 is 0 Å². The molecule has 1 N–H and O–H groups in total. The number of anilines is 1. The van der Waals surface area contributed by atoms with E-state index in [1.165, 1.54) is 33.5 Å². The van der Waals surface area contributed by atoms with Gasteiger partial charge >= 0.3 is 0 Å². The molecule has 0 unspecified atom stereocenters. The lowest BCUT2D eigenvalue weighted by Gasteiger charge is -2.21. The molecule has 0 saturated carbocycles. The molecule has 0 radical (unpaired) electrons. The summed E-state index contributed by atoms with van der Waals surface area (Å²) in [6.45, 7) is 6.59. The highest BCUT2D eigenvalue weighted by Crippen LogP contribution is 2.34. The molecule has 1 aliphatic heterocycles. The van der Waals surface area contributed by atoms with E-state index in [2.05, 4.69) is 47.0 Å². The minimum atomic E-state index is 0.116. The van der Waals surface area contributed by atoms with Crippen molar-refractivity contribution in [2.75, 3.05) is 11.5 Å². The Bertz CT molecular complexity index is 884. The summed E-state index contributed by atoms with van der Waals surface area (Å²) in [6, 6.07) is 6.49. The lowest BCUT2D eigenvalue weighted by atomic mass is 10.1. The van der Waals surface area contributed by atoms with Gasteiger partial charge in [-0.2, -0.15) is 5.10 Å². The first kappa shape index (κ1) is 14.2. The van der Waals surface area contributed by atoms with Gasteiger partial charge in [-0.25, -0.2) is 0 Å². The Kier molecular flexibility index (Phi) is 3.31. The molecule has 0 spiro atoms. The van der Waals surface area contributed by atoms with E-state index in [9.17, 15) is 5.11 Å².